The average molecular weight is 344 g/mol. The molecular weight excluding hydrogens is 320 g/mol. The van der Waals surface area contributed by atoms with E-state index in [1.807, 2.05) is 12.1 Å². The van der Waals surface area contributed by atoms with Gasteiger partial charge in [-0.2, -0.15) is 0 Å². The maximum absolute atomic E-state index is 12.8. The SMILES string of the molecule is O=C(O)C1CCN(C(=O)NC2c3ccccc3CC23CCOCC3)C1. The van der Waals surface area contributed by atoms with Gasteiger partial charge in [0.1, 0.15) is 0 Å². The molecule has 6 heteroatoms. The number of nitrogens with zero attached hydrogens (tertiary/aromatic N) is 1. The highest BCUT2D eigenvalue weighted by Crippen LogP contribution is 2.51. The van der Waals surface area contributed by atoms with Crippen LogP contribution in [0.15, 0.2) is 24.3 Å². The summed E-state index contributed by atoms with van der Waals surface area (Å²) in [7, 11) is 0. The number of carbonyl (C=O) groups excluding carboxylic acids is 1. The molecule has 0 radical (unpaired) electrons. The molecule has 3 aliphatic rings. The van der Waals surface area contributed by atoms with Crippen molar-refractivity contribution >= 4 is 12.0 Å². The number of ether oxygens (including phenoxy) is 1. The van der Waals surface area contributed by atoms with E-state index < -0.39 is 11.9 Å². The zero-order chi connectivity index (χ0) is 17.4. The first kappa shape index (κ1) is 16.4. The Kier molecular flexibility index (Phi) is 4.15. The first-order valence-electron chi connectivity index (χ1n) is 9.03. The van der Waals surface area contributed by atoms with E-state index in [4.69, 9.17) is 9.84 Å². The lowest BCUT2D eigenvalue weighted by molar-refractivity contribution is -0.141. The molecule has 1 aromatic carbocycles. The number of carbonyl (C=O) groups is 2. The van der Waals surface area contributed by atoms with Crippen LogP contribution in [0.2, 0.25) is 0 Å². The van der Waals surface area contributed by atoms with Gasteiger partial charge in [0.15, 0.2) is 0 Å². The van der Waals surface area contributed by atoms with Crippen LogP contribution in [0.25, 0.3) is 0 Å². The van der Waals surface area contributed by atoms with E-state index in [1.165, 1.54) is 11.1 Å². The van der Waals surface area contributed by atoms with Crippen molar-refractivity contribution in [3.63, 3.8) is 0 Å². The molecule has 2 fully saturated rings. The Hall–Kier alpha value is -2.08. The molecule has 2 amide bonds. The van der Waals surface area contributed by atoms with Gasteiger partial charge in [-0.3, -0.25) is 4.79 Å². The maximum Gasteiger partial charge on any atom is 0.317 e. The van der Waals surface area contributed by atoms with Crippen LogP contribution in [0.4, 0.5) is 4.79 Å². The van der Waals surface area contributed by atoms with Crippen molar-refractivity contribution in [3.8, 4) is 0 Å². The van der Waals surface area contributed by atoms with Crippen LogP contribution in [-0.4, -0.2) is 48.3 Å². The predicted molar refractivity (Wildman–Crippen MR) is 91.2 cm³/mol. The molecule has 0 bridgehead atoms. The van der Waals surface area contributed by atoms with Gasteiger partial charge < -0.3 is 20.1 Å². The van der Waals surface area contributed by atoms with E-state index in [2.05, 4.69) is 17.4 Å². The molecule has 4 rings (SSSR count). The highest BCUT2D eigenvalue weighted by Gasteiger charge is 2.48. The zero-order valence-electron chi connectivity index (χ0n) is 14.2. The topological polar surface area (TPSA) is 78.9 Å². The Labute approximate surface area is 147 Å². The van der Waals surface area contributed by atoms with Gasteiger partial charge in [-0.15, -0.1) is 0 Å². The summed E-state index contributed by atoms with van der Waals surface area (Å²) in [5, 5.41) is 12.4. The van der Waals surface area contributed by atoms with E-state index in [-0.39, 0.29) is 17.5 Å². The summed E-state index contributed by atoms with van der Waals surface area (Å²) in [5.41, 5.74) is 2.52. The van der Waals surface area contributed by atoms with Crippen molar-refractivity contribution in [2.24, 2.45) is 11.3 Å². The van der Waals surface area contributed by atoms with Gasteiger partial charge in [-0.25, -0.2) is 4.79 Å². The minimum Gasteiger partial charge on any atom is -0.481 e. The van der Waals surface area contributed by atoms with E-state index in [1.54, 1.807) is 4.90 Å². The Balaban J connectivity index is 1.54. The molecule has 2 aliphatic heterocycles. The number of rotatable bonds is 2. The van der Waals surface area contributed by atoms with Gasteiger partial charge in [0.25, 0.3) is 0 Å². The number of carboxylic acid groups (broad SMARTS) is 1. The molecule has 2 N–H and O–H groups in total. The molecule has 25 heavy (non-hydrogen) atoms. The van der Waals surface area contributed by atoms with Crippen LogP contribution in [0, 0.1) is 11.3 Å². The third-order valence-electron chi connectivity index (χ3n) is 6.10. The lowest BCUT2D eigenvalue weighted by atomic mass is 9.74. The summed E-state index contributed by atoms with van der Waals surface area (Å²) in [5.74, 6) is -1.26. The molecule has 1 aliphatic carbocycles. The third kappa shape index (κ3) is 2.88. The van der Waals surface area contributed by atoms with Gasteiger partial charge in [-0.05, 0) is 36.8 Å². The van der Waals surface area contributed by atoms with Gasteiger partial charge in [0, 0.05) is 31.7 Å². The van der Waals surface area contributed by atoms with Crippen molar-refractivity contribution in [2.45, 2.75) is 31.7 Å². The van der Waals surface area contributed by atoms with Crippen LogP contribution in [0.1, 0.15) is 36.4 Å². The number of hydrogen-bond acceptors (Lipinski definition) is 3. The molecule has 0 saturated carbocycles. The second-order valence-electron chi connectivity index (χ2n) is 7.50. The Morgan fingerprint density at radius 1 is 1.24 bits per heavy atom. The molecular formula is C19H24N2O4. The Bertz CT molecular complexity index is 684. The second-order valence-corrected chi connectivity index (χ2v) is 7.50. The molecule has 2 saturated heterocycles. The smallest absolute Gasteiger partial charge is 0.317 e. The van der Waals surface area contributed by atoms with E-state index >= 15 is 0 Å². The number of urea groups is 1. The summed E-state index contributed by atoms with van der Waals surface area (Å²) in [4.78, 5) is 25.6. The lowest BCUT2D eigenvalue weighted by Crippen LogP contribution is -2.47. The quantitative estimate of drug-likeness (QED) is 0.862. The van der Waals surface area contributed by atoms with Crippen molar-refractivity contribution in [1.82, 2.24) is 10.2 Å². The van der Waals surface area contributed by atoms with Crippen molar-refractivity contribution in [3.05, 3.63) is 35.4 Å². The largest absolute Gasteiger partial charge is 0.481 e. The van der Waals surface area contributed by atoms with Gasteiger partial charge in [0.2, 0.25) is 0 Å². The highest BCUT2D eigenvalue weighted by molar-refractivity contribution is 5.78. The average Bonchev–Trinajstić information content (AvgIpc) is 3.20. The number of nitrogens with one attached hydrogen (secondary N) is 1. The number of benzene rings is 1. The fourth-order valence-corrected chi connectivity index (χ4v) is 4.62. The molecule has 2 heterocycles. The summed E-state index contributed by atoms with van der Waals surface area (Å²) in [6.45, 7) is 2.26. The molecule has 2 unspecified atom stereocenters. The normalized spacial score (nSPS) is 27.3. The fourth-order valence-electron chi connectivity index (χ4n) is 4.62. The number of fused-ring (bicyclic) bond motifs is 1. The molecule has 1 spiro atoms. The highest BCUT2D eigenvalue weighted by atomic mass is 16.5. The predicted octanol–water partition coefficient (Wildman–Crippen LogP) is 2.20. The van der Waals surface area contributed by atoms with Gasteiger partial charge in [0.05, 0.1) is 12.0 Å². The number of carboxylic acids is 1. The number of aliphatic carboxylic acids is 1. The minimum atomic E-state index is -0.817. The van der Waals surface area contributed by atoms with Crippen LogP contribution in [0.5, 0.6) is 0 Å². The van der Waals surface area contributed by atoms with E-state index in [0.29, 0.717) is 19.5 Å². The minimum absolute atomic E-state index is 0.0174. The first-order valence-corrected chi connectivity index (χ1v) is 9.03. The third-order valence-corrected chi connectivity index (χ3v) is 6.10. The zero-order valence-corrected chi connectivity index (χ0v) is 14.2. The second kappa shape index (κ2) is 6.33. The monoisotopic (exact) mass is 344 g/mol. The van der Waals surface area contributed by atoms with Gasteiger partial charge in [-0.1, -0.05) is 24.3 Å². The Morgan fingerprint density at radius 3 is 2.72 bits per heavy atom. The lowest BCUT2D eigenvalue weighted by Gasteiger charge is -2.40. The first-order chi connectivity index (χ1) is 12.1. The number of amides is 2. The number of hydrogen-bond donors (Lipinski definition) is 2. The molecule has 134 valence electrons. The molecule has 0 aromatic heterocycles. The van der Waals surface area contributed by atoms with E-state index in [0.717, 1.165) is 32.5 Å². The van der Waals surface area contributed by atoms with Gasteiger partial charge >= 0.3 is 12.0 Å². The van der Waals surface area contributed by atoms with Crippen LogP contribution < -0.4 is 5.32 Å². The van der Waals surface area contributed by atoms with Crippen molar-refractivity contribution < 1.29 is 19.4 Å². The summed E-state index contributed by atoms with van der Waals surface area (Å²) < 4.78 is 5.56. The van der Waals surface area contributed by atoms with Crippen molar-refractivity contribution in [2.75, 3.05) is 26.3 Å². The molecule has 1 aromatic rings. The summed E-state index contributed by atoms with van der Waals surface area (Å²) in [6, 6.07) is 8.16. The molecule has 6 nitrogen and oxygen atoms in total. The van der Waals surface area contributed by atoms with Crippen LogP contribution >= 0.6 is 0 Å². The molecule has 2 atom stereocenters. The summed E-state index contributed by atoms with van der Waals surface area (Å²) >= 11 is 0. The summed E-state index contributed by atoms with van der Waals surface area (Å²) in [6.07, 6.45) is 3.37. The fraction of sp³-hybridized carbons (Fsp3) is 0.579. The van der Waals surface area contributed by atoms with Crippen LogP contribution in [0.3, 0.4) is 0 Å². The Morgan fingerprint density at radius 2 is 2.00 bits per heavy atom. The number of likely N-dealkylation sites (tertiary alicyclic amines) is 1. The van der Waals surface area contributed by atoms with Crippen molar-refractivity contribution in [1.29, 1.82) is 0 Å². The standard InChI is InChI=1S/C19H24N2O4/c22-17(23)14-5-8-21(12-14)18(24)20-16-15-4-2-1-3-13(15)11-19(16)6-9-25-10-7-19/h1-4,14,16H,5-12H2,(H,20,24)(H,22,23). The maximum atomic E-state index is 12.8. The van der Waals surface area contributed by atoms with E-state index in [9.17, 15) is 9.59 Å². The van der Waals surface area contributed by atoms with Crippen LogP contribution in [-0.2, 0) is 16.0 Å².